The Bertz CT molecular complexity index is 1010. The van der Waals surface area contributed by atoms with Crippen LogP contribution in [0, 0.1) is 17.5 Å². The Morgan fingerprint density at radius 2 is 1.81 bits per heavy atom. The molecule has 0 saturated heterocycles. The molecule has 1 aliphatic carbocycles. The van der Waals surface area contributed by atoms with Gasteiger partial charge in [-0.25, -0.2) is 17.9 Å². The highest BCUT2D eigenvalue weighted by Gasteiger charge is 2.27. The number of benzene rings is 2. The molecule has 1 aliphatic rings. The van der Waals surface area contributed by atoms with Crippen LogP contribution in [0.4, 0.5) is 18.9 Å². The summed E-state index contributed by atoms with van der Waals surface area (Å²) in [6, 6.07) is 9.32. The highest BCUT2D eigenvalue weighted by atomic mass is 19.2. The standard InChI is InChI=1S/C19H14F3N3O/c20-13-9-8-11(10-15(13)22)25-17-7-3-4-12(17)18(24-25)19(26)23-16-6-2-1-5-14(16)21/h1-2,5-6,8-10H,3-4,7H2,(H,23,26). The van der Waals surface area contributed by atoms with Crippen LogP contribution in [-0.2, 0) is 12.8 Å². The Kier molecular flexibility index (Phi) is 3.99. The zero-order chi connectivity index (χ0) is 18.3. The largest absolute Gasteiger partial charge is 0.318 e. The van der Waals surface area contributed by atoms with E-state index >= 15 is 0 Å². The Balaban J connectivity index is 1.73. The number of nitrogens with one attached hydrogen (secondary N) is 1. The molecule has 1 amide bonds. The normalized spacial score (nSPS) is 12.9. The molecule has 0 atom stereocenters. The van der Waals surface area contributed by atoms with Gasteiger partial charge in [-0.05, 0) is 43.5 Å². The Morgan fingerprint density at radius 1 is 1.00 bits per heavy atom. The monoisotopic (exact) mass is 357 g/mol. The molecule has 1 N–H and O–H groups in total. The molecule has 0 fully saturated rings. The maximum absolute atomic E-state index is 13.8. The first kappa shape index (κ1) is 16.4. The lowest BCUT2D eigenvalue weighted by Gasteiger charge is -2.06. The number of hydrogen-bond donors (Lipinski definition) is 1. The first-order valence-corrected chi connectivity index (χ1v) is 8.16. The minimum atomic E-state index is -0.984. The third kappa shape index (κ3) is 2.75. The van der Waals surface area contributed by atoms with Gasteiger partial charge in [-0.3, -0.25) is 4.79 Å². The molecular weight excluding hydrogens is 343 g/mol. The van der Waals surface area contributed by atoms with Gasteiger partial charge >= 0.3 is 0 Å². The number of anilines is 1. The van der Waals surface area contributed by atoms with Crippen molar-refractivity contribution < 1.29 is 18.0 Å². The highest BCUT2D eigenvalue weighted by Crippen LogP contribution is 2.29. The van der Waals surface area contributed by atoms with Crippen LogP contribution < -0.4 is 5.32 Å². The molecule has 7 heteroatoms. The first-order chi connectivity index (χ1) is 12.5. The number of aromatic nitrogens is 2. The maximum atomic E-state index is 13.8. The number of carbonyl (C=O) groups is 1. The zero-order valence-electron chi connectivity index (χ0n) is 13.6. The molecule has 0 spiro atoms. The van der Waals surface area contributed by atoms with Crippen molar-refractivity contribution >= 4 is 11.6 Å². The van der Waals surface area contributed by atoms with Gasteiger partial charge in [0, 0.05) is 17.3 Å². The van der Waals surface area contributed by atoms with Crippen LogP contribution in [-0.4, -0.2) is 15.7 Å². The molecule has 2 aromatic carbocycles. The fraction of sp³-hybridized carbons (Fsp3) is 0.158. The third-order valence-corrected chi connectivity index (χ3v) is 4.42. The number of hydrogen-bond acceptors (Lipinski definition) is 2. The lowest BCUT2D eigenvalue weighted by atomic mass is 10.2. The van der Waals surface area contributed by atoms with E-state index in [0.717, 1.165) is 29.8 Å². The molecule has 0 aliphatic heterocycles. The molecule has 4 nitrogen and oxygen atoms in total. The van der Waals surface area contributed by atoms with Crippen LogP contribution >= 0.6 is 0 Å². The van der Waals surface area contributed by atoms with Crippen molar-refractivity contribution in [3.8, 4) is 5.69 Å². The molecule has 26 heavy (non-hydrogen) atoms. The minimum Gasteiger partial charge on any atom is -0.318 e. The molecule has 0 saturated carbocycles. The summed E-state index contributed by atoms with van der Waals surface area (Å²) in [6.45, 7) is 0. The fourth-order valence-electron chi connectivity index (χ4n) is 3.19. The number of rotatable bonds is 3. The van der Waals surface area contributed by atoms with Gasteiger partial charge < -0.3 is 5.32 Å². The van der Waals surface area contributed by atoms with Crippen LogP contribution in [0.25, 0.3) is 5.69 Å². The molecule has 0 unspecified atom stereocenters. The summed E-state index contributed by atoms with van der Waals surface area (Å²) < 4.78 is 42.0. The summed E-state index contributed by atoms with van der Waals surface area (Å²) in [4.78, 5) is 12.6. The Labute approximate surface area is 147 Å². The van der Waals surface area contributed by atoms with Crippen LogP contribution in [0.5, 0.6) is 0 Å². The topological polar surface area (TPSA) is 46.9 Å². The van der Waals surface area contributed by atoms with Crippen molar-refractivity contribution in [3.63, 3.8) is 0 Å². The maximum Gasteiger partial charge on any atom is 0.276 e. The van der Waals surface area contributed by atoms with Crippen molar-refractivity contribution in [1.29, 1.82) is 0 Å². The average molecular weight is 357 g/mol. The van der Waals surface area contributed by atoms with Crippen molar-refractivity contribution in [3.05, 3.63) is 76.9 Å². The van der Waals surface area contributed by atoms with Gasteiger partial charge in [-0.2, -0.15) is 5.10 Å². The van der Waals surface area contributed by atoms with Crippen molar-refractivity contribution in [2.45, 2.75) is 19.3 Å². The summed E-state index contributed by atoms with van der Waals surface area (Å²) >= 11 is 0. The van der Waals surface area contributed by atoms with Crippen LogP contribution in [0.3, 0.4) is 0 Å². The van der Waals surface area contributed by atoms with E-state index in [0.29, 0.717) is 18.5 Å². The molecule has 3 aromatic rings. The van der Waals surface area contributed by atoms with Crippen molar-refractivity contribution in [2.24, 2.45) is 0 Å². The number of amides is 1. The van der Waals surface area contributed by atoms with E-state index in [2.05, 4.69) is 10.4 Å². The average Bonchev–Trinajstić information content (AvgIpc) is 3.22. The number of halogens is 3. The Hall–Kier alpha value is -3.09. The first-order valence-electron chi connectivity index (χ1n) is 8.16. The summed E-state index contributed by atoms with van der Waals surface area (Å²) in [5.74, 6) is -3.01. The van der Waals surface area contributed by atoms with Gasteiger partial charge in [0.05, 0.1) is 11.4 Å². The van der Waals surface area contributed by atoms with E-state index in [-0.39, 0.29) is 11.4 Å². The van der Waals surface area contributed by atoms with E-state index in [9.17, 15) is 18.0 Å². The number of carbonyl (C=O) groups excluding carboxylic acids is 1. The van der Waals surface area contributed by atoms with Gasteiger partial charge in [0.1, 0.15) is 5.82 Å². The Morgan fingerprint density at radius 3 is 2.58 bits per heavy atom. The van der Waals surface area contributed by atoms with E-state index in [1.165, 1.54) is 28.9 Å². The second kappa shape index (κ2) is 6.33. The SMILES string of the molecule is O=C(Nc1ccccc1F)c1nn(-c2ccc(F)c(F)c2)c2c1CCC2. The fourth-order valence-corrected chi connectivity index (χ4v) is 3.19. The van der Waals surface area contributed by atoms with E-state index in [1.807, 2.05) is 0 Å². The van der Waals surface area contributed by atoms with Gasteiger partial charge in [0.15, 0.2) is 17.3 Å². The predicted molar refractivity (Wildman–Crippen MR) is 89.9 cm³/mol. The number of para-hydroxylation sites is 1. The lowest BCUT2D eigenvalue weighted by molar-refractivity contribution is 0.102. The second-order valence-electron chi connectivity index (χ2n) is 6.07. The van der Waals surface area contributed by atoms with Gasteiger partial charge in [0.2, 0.25) is 0 Å². The third-order valence-electron chi connectivity index (χ3n) is 4.42. The van der Waals surface area contributed by atoms with Gasteiger partial charge in [-0.1, -0.05) is 12.1 Å². The quantitative estimate of drug-likeness (QED) is 0.769. The summed E-state index contributed by atoms with van der Waals surface area (Å²) in [6.07, 6.45) is 2.16. The molecule has 1 aromatic heterocycles. The van der Waals surface area contributed by atoms with Crippen LogP contribution in [0.15, 0.2) is 42.5 Å². The van der Waals surface area contributed by atoms with Crippen molar-refractivity contribution in [1.82, 2.24) is 9.78 Å². The molecule has 132 valence electrons. The summed E-state index contributed by atoms with van der Waals surface area (Å²) in [7, 11) is 0. The van der Waals surface area contributed by atoms with Gasteiger partial charge in [-0.15, -0.1) is 0 Å². The lowest BCUT2D eigenvalue weighted by Crippen LogP contribution is -2.15. The minimum absolute atomic E-state index is 0.0617. The van der Waals surface area contributed by atoms with Crippen LogP contribution in [0.2, 0.25) is 0 Å². The van der Waals surface area contributed by atoms with E-state index < -0.39 is 23.4 Å². The van der Waals surface area contributed by atoms with Gasteiger partial charge in [0.25, 0.3) is 5.91 Å². The molecule has 0 radical (unpaired) electrons. The molecule has 0 bridgehead atoms. The predicted octanol–water partition coefficient (Wildman–Crippen LogP) is 4.03. The number of nitrogens with zero attached hydrogens (tertiary/aromatic N) is 2. The molecule has 1 heterocycles. The molecule has 4 rings (SSSR count). The zero-order valence-corrected chi connectivity index (χ0v) is 13.6. The van der Waals surface area contributed by atoms with Crippen LogP contribution in [0.1, 0.15) is 28.2 Å². The summed E-state index contributed by atoms with van der Waals surface area (Å²) in [5, 5.41) is 6.81. The number of fused-ring (bicyclic) bond motifs is 1. The van der Waals surface area contributed by atoms with E-state index in [1.54, 1.807) is 6.07 Å². The summed E-state index contributed by atoms with van der Waals surface area (Å²) in [5.41, 5.74) is 2.11. The second-order valence-corrected chi connectivity index (χ2v) is 6.07. The van der Waals surface area contributed by atoms with Crippen molar-refractivity contribution in [2.75, 3.05) is 5.32 Å². The molecular formula is C19H14F3N3O. The van der Waals surface area contributed by atoms with E-state index in [4.69, 9.17) is 0 Å². The smallest absolute Gasteiger partial charge is 0.276 e. The highest BCUT2D eigenvalue weighted by molar-refractivity contribution is 6.04.